The lowest BCUT2D eigenvalue weighted by molar-refractivity contribution is 1.29. The van der Waals surface area contributed by atoms with Crippen molar-refractivity contribution >= 4 is 30.4 Å². The molecule has 1 nitrogen and oxygen atoms in total. The first-order chi connectivity index (χ1) is 15.8. The lowest BCUT2D eigenvalue weighted by atomic mass is 9.86. The Morgan fingerprint density at radius 1 is 0.406 bits per heavy atom. The van der Waals surface area contributed by atoms with Gasteiger partial charge in [-0.2, -0.15) is 0 Å². The van der Waals surface area contributed by atoms with Gasteiger partial charge in [0.15, 0.2) is 0 Å². The standard InChI is InChI=1S/C30H22BN/c31-30-21-20-28(22-29(30)25-12-6-2-7-13-25)32(26-14-8-3-9-15-26)27-18-16-24(17-19-27)23-10-4-1-5-11-23/h1-22H. The molecule has 0 aliphatic heterocycles. The molecule has 32 heavy (non-hydrogen) atoms. The molecule has 0 bridgehead atoms. The van der Waals surface area contributed by atoms with Gasteiger partial charge in [-0.05, 0) is 58.7 Å². The van der Waals surface area contributed by atoms with E-state index in [9.17, 15) is 0 Å². The molecule has 0 aromatic heterocycles. The zero-order valence-electron chi connectivity index (χ0n) is 17.7. The number of benzene rings is 5. The highest BCUT2D eigenvalue weighted by Gasteiger charge is 2.14. The Balaban J connectivity index is 1.60. The van der Waals surface area contributed by atoms with Crippen LogP contribution >= 0.6 is 0 Å². The first-order valence-corrected chi connectivity index (χ1v) is 10.8. The summed E-state index contributed by atoms with van der Waals surface area (Å²) in [6, 6.07) is 46.1. The molecule has 2 heteroatoms. The third kappa shape index (κ3) is 4.08. The van der Waals surface area contributed by atoms with Gasteiger partial charge in [-0.15, -0.1) is 0 Å². The molecule has 5 rings (SSSR count). The van der Waals surface area contributed by atoms with Crippen LogP contribution in [0.5, 0.6) is 0 Å². The minimum absolute atomic E-state index is 0.771. The third-order valence-corrected chi connectivity index (χ3v) is 5.63. The maximum atomic E-state index is 6.36. The average Bonchev–Trinajstić information content (AvgIpc) is 2.87. The zero-order chi connectivity index (χ0) is 21.8. The van der Waals surface area contributed by atoms with E-state index in [0.29, 0.717) is 0 Å². The number of rotatable bonds is 5. The molecule has 0 aliphatic rings. The highest BCUT2D eigenvalue weighted by Crippen LogP contribution is 2.36. The molecule has 2 radical (unpaired) electrons. The predicted molar refractivity (Wildman–Crippen MR) is 137 cm³/mol. The highest BCUT2D eigenvalue weighted by molar-refractivity contribution is 6.36. The number of nitrogens with zero attached hydrogens (tertiary/aromatic N) is 1. The second-order valence-electron chi connectivity index (χ2n) is 7.72. The van der Waals surface area contributed by atoms with Gasteiger partial charge >= 0.3 is 0 Å². The summed E-state index contributed by atoms with van der Waals surface area (Å²) in [6.07, 6.45) is 0. The molecule has 0 spiro atoms. The van der Waals surface area contributed by atoms with E-state index in [1.807, 2.05) is 36.4 Å². The summed E-state index contributed by atoms with van der Waals surface area (Å²) in [5.74, 6) is 0. The molecular weight excluding hydrogens is 385 g/mol. The van der Waals surface area contributed by atoms with Gasteiger partial charge in [-0.25, -0.2) is 0 Å². The summed E-state index contributed by atoms with van der Waals surface area (Å²) in [5.41, 5.74) is 8.59. The lowest BCUT2D eigenvalue weighted by Crippen LogP contribution is -2.13. The molecule has 0 N–H and O–H groups in total. The summed E-state index contributed by atoms with van der Waals surface area (Å²) in [7, 11) is 6.36. The maximum absolute atomic E-state index is 6.36. The van der Waals surface area contributed by atoms with Crippen LogP contribution in [0, 0.1) is 0 Å². The van der Waals surface area contributed by atoms with Crippen LogP contribution in [-0.2, 0) is 0 Å². The van der Waals surface area contributed by atoms with Crippen LogP contribution in [0.3, 0.4) is 0 Å². The number of para-hydroxylation sites is 1. The number of anilines is 3. The van der Waals surface area contributed by atoms with Gasteiger partial charge in [0.1, 0.15) is 7.85 Å². The molecule has 5 aromatic carbocycles. The Hall–Kier alpha value is -4.04. The molecule has 0 saturated heterocycles. The van der Waals surface area contributed by atoms with E-state index in [1.165, 1.54) is 11.1 Å². The Labute approximate surface area is 191 Å². The molecule has 0 heterocycles. The van der Waals surface area contributed by atoms with Gasteiger partial charge in [0, 0.05) is 17.1 Å². The van der Waals surface area contributed by atoms with Crippen LogP contribution in [0.2, 0.25) is 0 Å². The molecule has 0 amide bonds. The van der Waals surface area contributed by atoms with Gasteiger partial charge < -0.3 is 4.90 Å². The fourth-order valence-electron chi connectivity index (χ4n) is 4.01. The summed E-state index contributed by atoms with van der Waals surface area (Å²) in [4.78, 5) is 2.26. The second kappa shape index (κ2) is 8.99. The minimum atomic E-state index is 0.771. The van der Waals surface area contributed by atoms with E-state index in [-0.39, 0.29) is 0 Å². The van der Waals surface area contributed by atoms with E-state index in [1.54, 1.807) is 0 Å². The maximum Gasteiger partial charge on any atom is 0.114 e. The van der Waals surface area contributed by atoms with Crippen molar-refractivity contribution in [1.82, 2.24) is 0 Å². The van der Waals surface area contributed by atoms with Gasteiger partial charge in [0.2, 0.25) is 0 Å². The van der Waals surface area contributed by atoms with Crippen molar-refractivity contribution in [3.63, 3.8) is 0 Å². The summed E-state index contributed by atoms with van der Waals surface area (Å²) < 4.78 is 0. The fraction of sp³-hybridized carbons (Fsp3) is 0. The second-order valence-corrected chi connectivity index (χ2v) is 7.72. The summed E-state index contributed by atoms with van der Waals surface area (Å²) in [6.45, 7) is 0. The van der Waals surface area contributed by atoms with Crippen molar-refractivity contribution in [3.8, 4) is 22.3 Å². The summed E-state index contributed by atoms with van der Waals surface area (Å²) in [5, 5.41) is 0. The molecule has 5 aromatic rings. The lowest BCUT2D eigenvalue weighted by Gasteiger charge is -2.26. The van der Waals surface area contributed by atoms with E-state index in [0.717, 1.165) is 33.7 Å². The smallest absolute Gasteiger partial charge is 0.114 e. The average molecular weight is 407 g/mol. The van der Waals surface area contributed by atoms with E-state index < -0.39 is 0 Å². The SMILES string of the molecule is [B]c1ccc(N(c2ccccc2)c2ccc(-c3ccccc3)cc2)cc1-c1ccccc1. The van der Waals surface area contributed by atoms with Crippen molar-refractivity contribution in [1.29, 1.82) is 0 Å². The van der Waals surface area contributed by atoms with Crippen LogP contribution in [-0.4, -0.2) is 7.85 Å². The molecule has 0 unspecified atom stereocenters. The Bertz CT molecular complexity index is 1300. The van der Waals surface area contributed by atoms with Gasteiger partial charge in [-0.1, -0.05) is 103 Å². The van der Waals surface area contributed by atoms with Crippen LogP contribution in [0.4, 0.5) is 17.1 Å². The van der Waals surface area contributed by atoms with Gasteiger partial charge in [0.05, 0.1) is 0 Å². The highest BCUT2D eigenvalue weighted by atomic mass is 15.1. The van der Waals surface area contributed by atoms with Gasteiger partial charge in [0.25, 0.3) is 0 Å². The topological polar surface area (TPSA) is 3.24 Å². The van der Waals surface area contributed by atoms with E-state index in [4.69, 9.17) is 7.85 Å². The minimum Gasteiger partial charge on any atom is -0.310 e. The first kappa shape index (κ1) is 19.9. The Morgan fingerprint density at radius 3 is 1.50 bits per heavy atom. The van der Waals surface area contributed by atoms with E-state index in [2.05, 4.69) is 102 Å². The monoisotopic (exact) mass is 407 g/mol. The van der Waals surface area contributed by atoms with E-state index >= 15 is 0 Å². The zero-order valence-corrected chi connectivity index (χ0v) is 17.7. The normalized spacial score (nSPS) is 10.6. The summed E-state index contributed by atoms with van der Waals surface area (Å²) >= 11 is 0. The largest absolute Gasteiger partial charge is 0.310 e. The molecule has 150 valence electrons. The first-order valence-electron chi connectivity index (χ1n) is 10.8. The quantitative estimate of drug-likeness (QED) is 0.277. The van der Waals surface area contributed by atoms with Crippen LogP contribution < -0.4 is 10.4 Å². The Morgan fingerprint density at radius 2 is 0.875 bits per heavy atom. The van der Waals surface area contributed by atoms with Crippen molar-refractivity contribution in [3.05, 3.63) is 133 Å². The molecule has 0 fully saturated rings. The number of hydrogen-bond donors (Lipinski definition) is 0. The van der Waals surface area contributed by atoms with Crippen molar-refractivity contribution in [2.75, 3.05) is 4.90 Å². The van der Waals surface area contributed by atoms with Crippen molar-refractivity contribution < 1.29 is 0 Å². The van der Waals surface area contributed by atoms with Crippen LogP contribution in [0.25, 0.3) is 22.3 Å². The van der Waals surface area contributed by atoms with Crippen molar-refractivity contribution in [2.24, 2.45) is 0 Å². The van der Waals surface area contributed by atoms with Crippen LogP contribution in [0.1, 0.15) is 0 Å². The molecule has 0 saturated carbocycles. The molecular formula is C30H22BN. The van der Waals surface area contributed by atoms with Gasteiger partial charge in [-0.3, -0.25) is 0 Å². The molecule has 0 atom stereocenters. The Kier molecular flexibility index (Phi) is 5.59. The fourth-order valence-corrected chi connectivity index (χ4v) is 4.01. The van der Waals surface area contributed by atoms with Crippen molar-refractivity contribution in [2.45, 2.75) is 0 Å². The molecule has 0 aliphatic carbocycles. The third-order valence-electron chi connectivity index (χ3n) is 5.63. The predicted octanol–water partition coefficient (Wildman–Crippen LogP) is 7.28. The van der Waals surface area contributed by atoms with Crippen LogP contribution in [0.15, 0.2) is 133 Å². The number of hydrogen-bond acceptors (Lipinski definition) is 1.